The molecule has 212 valence electrons. The number of ketones is 1. The minimum atomic E-state index is -4.36. The van der Waals surface area contributed by atoms with Crippen molar-refractivity contribution in [2.75, 3.05) is 25.9 Å². The molecule has 11 heteroatoms. The summed E-state index contributed by atoms with van der Waals surface area (Å²) in [6.45, 7) is 2.15. The van der Waals surface area contributed by atoms with Crippen molar-refractivity contribution in [2.45, 2.75) is 38.7 Å². The molecule has 2 amide bonds. The fraction of sp³-hybridized carbons (Fsp3) is 0.310. The fourth-order valence-electron chi connectivity index (χ4n) is 4.12. The minimum absolute atomic E-state index is 0.109. The number of pyridine rings is 1. The third kappa shape index (κ3) is 7.10. The molecule has 3 aromatic rings. The topological polar surface area (TPSA) is 133 Å². The number of nitrogens with one attached hydrogen (secondary N) is 2. The lowest BCUT2D eigenvalue weighted by Crippen LogP contribution is -2.50. The van der Waals surface area contributed by atoms with E-state index in [0.29, 0.717) is 17.0 Å². The number of ether oxygens (including phenoxy) is 1. The van der Waals surface area contributed by atoms with Gasteiger partial charge >= 0.3 is 5.92 Å². The molecule has 1 heterocycles. The number of nitrogens with zero attached hydrogens (tertiary/aromatic N) is 1. The first-order valence-electron chi connectivity index (χ1n) is 12.6. The van der Waals surface area contributed by atoms with Crippen molar-refractivity contribution in [3.05, 3.63) is 82.1 Å². The van der Waals surface area contributed by atoms with Crippen molar-refractivity contribution in [2.24, 2.45) is 0 Å². The van der Waals surface area contributed by atoms with E-state index in [2.05, 4.69) is 10.6 Å². The average Bonchev–Trinajstić information content (AvgIpc) is 2.94. The van der Waals surface area contributed by atoms with Gasteiger partial charge < -0.3 is 21.1 Å². The number of carbonyl (C=O) groups excluding carboxylic acids is 3. The van der Waals surface area contributed by atoms with Crippen LogP contribution >= 0.6 is 0 Å². The Bertz CT molecular complexity index is 1440. The first-order chi connectivity index (χ1) is 18.9. The molecule has 2 aromatic carbocycles. The minimum Gasteiger partial charge on any atom is -0.497 e. The average molecular weight is 555 g/mol. The third-order valence-electron chi connectivity index (χ3n) is 6.31. The van der Waals surface area contributed by atoms with E-state index >= 15 is 0 Å². The number of carbonyl (C=O) groups is 3. The monoisotopic (exact) mass is 554 g/mol. The predicted molar refractivity (Wildman–Crippen MR) is 147 cm³/mol. The number of nitrogen functional groups attached to an aromatic ring is 1. The SMILES string of the molecule is COc1ccc(CCNC(=O)C(F)(F)C(=O)CNC(=O)Cn2c(-c3ccccc3)ccc(N)c2=O)c(C(C)C)c1. The van der Waals surface area contributed by atoms with E-state index < -0.39 is 42.2 Å². The summed E-state index contributed by atoms with van der Waals surface area (Å²) in [5.74, 6) is -7.99. The van der Waals surface area contributed by atoms with E-state index in [0.717, 1.165) is 15.7 Å². The smallest absolute Gasteiger partial charge is 0.383 e. The van der Waals surface area contributed by atoms with Crippen LogP contribution in [0.4, 0.5) is 14.5 Å². The second kappa shape index (κ2) is 13.0. The quantitative estimate of drug-likeness (QED) is 0.295. The Kier molecular flexibility index (Phi) is 9.76. The third-order valence-corrected chi connectivity index (χ3v) is 6.31. The molecule has 1 aromatic heterocycles. The normalized spacial score (nSPS) is 11.2. The molecule has 3 rings (SSSR count). The molecule has 0 bridgehead atoms. The van der Waals surface area contributed by atoms with Crippen molar-refractivity contribution >= 4 is 23.3 Å². The maximum atomic E-state index is 14.5. The summed E-state index contributed by atoms with van der Waals surface area (Å²) in [5.41, 5.74) is 7.75. The highest BCUT2D eigenvalue weighted by molar-refractivity contribution is 6.09. The molecule has 0 atom stereocenters. The number of rotatable bonds is 12. The molecule has 0 fully saturated rings. The van der Waals surface area contributed by atoms with Gasteiger partial charge in [0.2, 0.25) is 11.7 Å². The number of hydrogen-bond acceptors (Lipinski definition) is 6. The number of halogens is 2. The first kappa shape index (κ1) is 30.0. The first-order valence-corrected chi connectivity index (χ1v) is 12.6. The molecule has 0 radical (unpaired) electrons. The number of benzene rings is 2. The van der Waals surface area contributed by atoms with Crippen LogP contribution in [0.15, 0.2) is 65.5 Å². The summed E-state index contributed by atoms with van der Waals surface area (Å²) in [5, 5.41) is 4.17. The van der Waals surface area contributed by atoms with Crippen LogP contribution in [-0.4, -0.2) is 48.3 Å². The van der Waals surface area contributed by atoms with Crippen molar-refractivity contribution in [1.29, 1.82) is 0 Å². The molecular formula is C29H32F2N4O5. The summed E-state index contributed by atoms with van der Waals surface area (Å²) in [6, 6.07) is 17.1. The molecule has 0 aliphatic heterocycles. The van der Waals surface area contributed by atoms with Gasteiger partial charge in [-0.1, -0.05) is 50.2 Å². The Morgan fingerprint density at radius 1 is 1.02 bits per heavy atom. The molecule has 4 N–H and O–H groups in total. The van der Waals surface area contributed by atoms with E-state index in [9.17, 15) is 28.0 Å². The van der Waals surface area contributed by atoms with Crippen molar-refractivity contribution < 1.29 is 27.9 Å². The number of alkyl halides is 2. The molecule has 40 heavy (non-hydrogen) atoms. The maximum Gasteiger partial charge on any atom is 0.383 e. The van der Waals surface area contributed by atoms with Gasteiger partial charge in [0.05, 0.1) is 25.0 Å². The Labute approximate surface area is 230 Å². The van der Waals surface area contributed by atoms with Crippen LogP contribution < -0.4 is 26.7 Å². The highest BCUT2D eigenvalue weighted by Gasteiger charge is 2.46. The van der Waals surface area contributed by atoms with Gasteiger partial charge in [-0.3, -0.25) is 23.7 Å². The molecule has 0 aliphatic carbocycles. The Morgan fingerprint density at radius 3 is 2.38 bits per heavy atom. The summed E-state index contributed by atoms with van der Waals surface area (Å²) in [7, 11) is 1.54. The number of nitrogens with two attached hydrogens (primary N) is 1. The number of aromatic nitrogens is 1. The molecule has 9 nitrogen and oxygen atoms in total. The molecule has 0 saturated carbocycles. The zero-order valence-corrected chi connectivity index (χ0v) is 22.5. The highest BCUT2D eigenvalue weighted by Crippen LogP contribution is 2.25. The van der Waals surface area contributed by atoms with Gasteiger partial charge in [0.1, 0.15) is 12.3 Å². The standard InChI is InChI=1S/C29H32F2N4O5/c1-18(2)22-15-21(40-3)10-9-19(22)13-14-33-28(39)29(30,31)25(36)16-34-26(37)17-35-24(12-11-23(32)27(35)38)20-7-5-4-6-8-20/h4-12,15,18H,13-14,16-17,32H2,1-3H3,(H,33,39)(H,34,37). The molecule has 0 saturated heterocycles. The van der Waals surface area contributed by atoms with Crippen LogP contribution in [0.25, 0.3) is 11.3 Å². The van der Waals surface area contributed by atoms with E-state index in [-0.39, 0.29) is 24.6 Å². The molecule has 0 spiro atoms. The van der Waals surface area contributed by atoms with Crippen LogP contribution in [0.3, 0.4) is 0 Å². The van der Waals surface area contributed by atoms with Crippen LogP contribution in [0, 0.1) is 0 Å². The van der Waals surface area contributed by atoms with Gasteiger partial charge in [0.15, 0.2) is 0 Å². The van der Waals surface area contributed by atoms with Crippen LogP contribution in [0.2, 0.25) is 0 Å². The molecule has 0 aliphatic rings. The van der Waals surface area contributed by atoms with Gasteiger partial charge in [0.25, 0.3) is 11.5 Å². The van der Waals surface area contributed by atoms with E-state index in [1.807, 2.05) is 19.9 Å². The van der Waals surface area contributed by atoms with Gasteiger partial charge in [-0.25, -0.2) is 0 Å². The van der Waals surface area contributed by atoms with Crippen LogP contribution in [0.1, 0.15) is 30.9 Å². The lowest BCUT2D eigenvalue weighted by Gasteiger charge is -2.17. The van der Waals surface area contributed by atoms with Crippen molar-refractivity contribution in [3.8, 4) is 17.0 Å². The second-order valence-electron chi connectivity index (χ2n) is 9.43. The van der Waals surface area contributed by atoms with Crippen molar-refractivity contribution in [1.82, 2.24) is 15.2 Å². The van der Waals surface area contributed by atoms with E-state index in [4.69, 9.17) is 10.5 Å². The number of hydrogen-bond donors (Lipinski definition) is 3. The van der Waals surface area contributed by atoms with Crippen LogP contribution in [-0.2, 0) is 27.3 Å². The predicted octanol–water partition coefficient (Wildman–Crippen LogP) is 2.91. The van der Waals surface area contributed by atoms with Crippen molar-refractivity contribution in [3.63, 3.8) is 0 Å². The van der Waals surface area contributed by atoms with Gasteiger partial charge in [-0.05, 0) is 53.3 Å². The molecular weight excluding hydrogens is 522 g/mol. The zero-order valence-electron chi connectivity index (χ0n) is 22.5. The number of anilines is 1. The largest absolute Gasteiger partial charge is 0.497 e. The molecule has 0 unspecified atom stereocenters. The van der Waals surface area contributed by atoms with Gasteiger partial charge in [-0.2, -0.15) is 8.78 Å². The maximum absolute atomic E-state index is 14.5. The lowest BCUT2D eigenvalue weighted by atomic mass is 9.95. The lowest BCUT2D eigenvalue weighted by molar-refractivity contribution is -0.158. The summed E-state index contributed by atoms with van der Waals surface area (Å²) in [6.07, 6.45) is 0.267. The summed E-state index contributed by atoms with van der Waals surface area (Å²) < 4.78 is 35.4. The number of amides is 2. The van der Waals surface area contributed by atoms with Gasteiger partial charge in [0, 0.05) is 6.54 Å². The highest BCUT2D eigenvalue weighted by atomic mass is 19.3. The summed E-state index contributed by atoms with van der Waals surface area (Å²) >= 11 is 0. The van der Waals surface area contributed by atoms with Gasteiger partial charge in [-0.15, -0.1) is 0 Å². The van der Waals surface area contributed by atoms with Crippen LogP contribution in [0.5, 0.6) is 5.75 Å². The number of methoxy groups -OCH3 is 1. The second-order valence-corrected chi connectivity index (χ2v) is 9.43. The summed E-state index contributed by atoms with van der Waals surface area (Å²) in [4.78, 5) is 49.4. The Hall–Kier alpha value is -4.54. The Balaban J connectivity index is 1.59. The van der Waals surface area contributed by atoms with E-state index in [1.165, 1.54) is 6.07 Å². The van der Waals surface area contributed by atoms with E-state index in [1.54, 1.807) is 55.6 Å². The number of Topliss-reactive ketones (excluding diaryl/α,β-unsaturated/α-hetero) is 1. The fourth-order valence-corrected chi connectivity index (χ4v) is 4.12. The zero-order chi connectivity index (χ0) is 29.4. The Morgan fingerprint density at radius 2 is 1.73 bits per heavy atom.